The van der Waals surface area contributed by atoms with Gasteiger partial charge in [0, 0.05) is 19.3 Å². The lowest BCUT2D eigenvalue weighted by Crippen LogP contribution is -2.30. The van der Waals surface area contributed by atoms with Gasteiger partial charge in [-0.15, -0.1) is 0 Å². The summed E-state index contributed by atoms with van der Waals surface area (Å²) in [6, 6.07) is 0. The van der Waals surface area contributed by atoms with Crippen LogP contribution in [0.4, 0.5) is 0 Å². The summed E-state index contributed by atoms with van der Waals surface area (Å²) in [7, 11) is 0. The molecule has 0 N–H and O–H groups in total. The van der Waals surface area contributed by atoms with E-state index in [1.54, 1.807) is 0 Å². The monoisotopic (exact) mass is 1040 g/mol. The summed E-state index contributed by atoms with van der Waals surface area (Å²) in [5, 5.41) is 0. The zero-order chi connectivity index (χ0) is 54.3. The molecule has 0 fully saturated rings. The molecular weight excluding hydrogens is 925 g/mol. The highest BCUT2D eigenvalue weighted by molar-refractivity contribution is 5.71. The van der Waals surface area contributed by atoms with Gasteiger partial charge in [-0.3, -0.25) is 14.4 Å². The summed E-state index contributed by atoms with van der Waals surface area (Å²) in [4.78, 5) is 38.0. The van der Waals surface area contributed by atoms with Crippen LogP contribution in [0.25, 0.3) is 0 Å². The van der Waals surface area contributed by atoms with Crippen LogP contribution in [0.15, 0.2) is 97.2 Å². The van der Waals surface area contributed by atoms with E-state index in [1.165, 1.54) is 141 Å². The van der Waals surface area contributed by atoms with Gasteiger partial charge in [0.2, 0.25) is 0 Å². The third kappa shape index (κ3) is 61.1. The van der Waals surface area contributed by atoms with Crippen LogP contribution in [0.1, 0.15) is 303 Å². The van der Waals surface area contributed by atoms with Gasteiger partial charge in [-0.25, -0.2) is 0 Å². The van der Waals surface area contributed by atoms with Crippen molar-refractivity contribution in [1.82, 2.24) is 0 Å². The molecule has 0 rings (SSSR count). The predicted octanol–water partition coefficient (Wildman–Crippen LogP) is 21.7. The first-order valence-corrected chi connectivity index (χ1v) is 31.7. The fourth-order valence-corrected chi connectivity index (χ4v) is 8.82. The van der Waals surface area contributed by atoms with E-state index < -0.39 is 6.10 Å². The van der Waals surface area contributed by atoms with Crippen LogP contribution >= 0.6 is 0 Å². The van der Waals surface area contributed by atoms with E-state index in [1.807, 2.05) is 0 Å². The Labute approximate surface area is 464 Å². The molecule has 430 valence electrons. The summed E-state index contributed by atoms with van der Waals surface area (Å²) in [6.45, 7) is 6.46. The van der Waals surface area contributed by atoms with Crippen molar-refractivity contribution in [2.45, 2.75) is 309 Å². The van der Waals surface area contributed by atoms with E-state index in [4.69, 9.17) is 14.2 Å². The van der Waals surface area contributed by atoms with Gasteiger partial charge < -0.3 is 14.2 Å². The third-order valence-electron chi connectivity index (χ3n) is 13.6. The second kappa shape index (κ2) is 62.9. The molecule has 0 aliphatic rings. The van der Waals surface area contributed by atoms with Gasteiger partial charge in [0.25, 0.3) is 0 Å². The second-order valence-corrected chi connectivity index (χ2v) is 20.9. The van der Waals surface area contributed by atoms with E-state index in [0.29, 0.717) is 19.3 Å². The molecule has 0 radical (unpaired) electrons. The maximum atomic E-state index is 12.8. The van der Waals surface area contributed by atoms with Gasteiger partial charge in [-0.1, -0.05) is 285 Å². The first kappa shape index (κ1) is 71.3. The zero-order valence-electron chi connectivity index (χ0n) is 49.3. The van der Waals surface area contributed by atoms with Gasteiger partial charge in [-0.05, 0) is 96.3 Å². The molecule has 6 heteroatoms. The SMILES string of the molecule is CC/C=C\C/C=C\C/C=C\C/C=C\C/C=C\C/C=C\CCCCCCCCCCCCCCCCCCC(=O)OCC(COC(=O)CCCCCCCCCC)OC(=O)CCCCCCC/C=C\C/C=C\CCCC. The molecule has 0 aromatic carbocycles. The van der Waals surface area contributed by atoms with Crippen molar-refractivity contribution in [3.63, 3.8) is 0 Å². The average Bonchev–Trinajstić information content (AvgIpc) is 3.41. The average molecular weight is 1040 g/mol. The third-order valence-corrected chi connectivity index (χ3v) is 13.6. The van der Waals surface area contributed by atoms with Crippen LogP contribution in [0.3, 0.4) is 0 Å². The van der Waals surface area contributed by atoms with E-state index >= 15 is 0 Å². The Morgan fingerprint density at radius 2 is 0.533 bits per heavy atom. The minimum Gasteiger partial charge on any atom is -0.462 e. The molecule has 6 nitrogen and oxygen atoms in total. The molecular formula is C69H118O6. The molecule has 0 aliphatic heterocycles. The van der Waals surface area contributed by atoms with Gasteiger partial charge in [0.05, 0.1) is 0 Å². The molecule has 0 heterocycles. The molecule has 0 aromatic rings. The van der Waals surface area contributed by atoms with Gasteiger partial charge in [0.1, 0.15) is 13.2 Å². The second-order valence-electron chi connectivity index (χ2n) is 20.9. The first-order valence-electron chi connectivity index (χ1n) is 31.7. The predicted molar refractivity (Wildman–Crippen MR) is 325 cm³/mol. The Hall–Kier alpha value is -3.67. The van der Waals surface area contributed by atoms with E-state index in [-0.39, 0.29) is 31.1 Å². The summed E-state index contributed by atoms with van der Waals surface area (Å²) in [6.07, 6.45) is 84.4. The number of unbranched alkanes of at least 4 members (excludes halogenated alkanes) is 30. The Kier molecular flexibility index (Phi) is 59.8. The first-order chi connectivity index (χ1) is 37.0. The lowest BCUT2D eigenvalue weighted by molar-refractivity contribution is -0.167. The molecule has 0 bridgehead atoms. The van der Waals surface area contributed by atoms with Crippen molar-refractivity contribution >= 4 is 17.9 Å². The number of carbonyl (C=O) groups excluding carboxylic acids is 3. The summed E-state index contributed by atoms with van der Waals surface area (Å²) in [5.74, 6) is -0.890. The molecule has 75 heavy (non-hydrogen) atoms. The van der Waals surface area contributed by atoms with E-state index in [2.05, 4.69) is 118 Å². The number of hydrogen-bond acceptors (Lipinski definition) is 6. The Morgan fingerprint density at radius 1 is 0.280 bits per heavy atom. The van der Waals surface area contributed by atoms with Crippen molar-refractivity contribution in [2.24, 2.45) is 0 Å². The minimum absolute atomic E-state index is 0.0791. The molecule has 1 atom stereocenters. The van der Waals surface area contributed by atoms with Crippen LogP contribution in [0.2, 0.25) is 0 Å². The van der Waals surface area contributed by atoms with Gasteiger partial charge in [-0.2, -0.15) is 0 Å². The quantitative estimate of drug-likeness (QED) is 0.0261. The van der Waals surface area contributed by atoms with Crippen LogP contribution in [-0.2, 0) is 28.6 Å². The highest BCUT2D eigenvalue weighted by Crippen LogP contribution is 2.16. The van der Waals surface area contributed by atoms with E-state index in [9.17, 15) is 14.4 Å². The number of carbonyl (C=O) groups is 3. The fourth-order valence-electron chi connectivity index (χ4n) is 8.82. The molecule has 1 unspecified atom stereocenters. The van der Waals surface area contributed by atoms with Crippen LogP contribution < -0.4 is 0 Å². The van der Waals surface area contributed by atoms with Gasteiger partial charge in [0.15, 0.2) is 6.10 Å². The fraction of sp³-hybridized carbons (Fsp3) is 0.725. The topological polar surface area (TPSA) is 78.9 Å². The highest BCUT2D eigenvalue weighted by atomic mass is 16.6. The maximum absolute atomic E-state index is 12.8. The lowest BCUT2D eigenvalue weighted by atomic mass is 10.0. The molecule has 0 spiro atoms. The Morgan fingerprint density at radius 3 is 0.853 bits per heavy atom. The number of ether oxygens (including phenoxy) is 3. The highest BCUT2D eigenvalue weighted by Gasteiger charge is 2.19. The van der Waals surface area contributed by atoms with Crippen LogP contribution in [0, 0.1) is 0 Å². The van der Waals surface area contributed by atoms with Crippen molar-refractivity contribution in [2.75, 3.05) is 13.2 Å². The normalized spacial score (nSPS) is 12.7. The van der Waals surface area contributed by atoms with Crippen molar-refractivity contribution in [3.05, 3.63) is 97.2 Å². The lowest BCUT2D eigenvalue weighted by Gasteiger charge is -2.18. The Bertz CT molecular complexity index is 1480. The van der Waals surface area contributed by atoms with Crippen LogP contribution in [-0.4, -0.2) is 37.2 Å². The zero-order valence-corrected chi connectivity index (χ0v) is 49.3. The summed E-state index contributed by atoms with van der Waals surface area (Å²) < 4.78 is 16.8. The van der Waals surface area contributed by atoms with Crippen molar-refractivity contribution < 1.29 is 28.6 Å². The minimum atomic E-state index is -0.780. The summed E-state index contributed by atoms with van der Waals surface area (Å²) >= 11 is 0. The number of rotatable bonds is 57. The molecule has 0 saturated carbocycles. The van der Waals surface area contributed by atoms with Gasteiger partial charge >= 0.3 is 17.9 Å². The molecule has 0 aromatic heterocycles. The summed E-state index contributed by atoms with van der Waals surface area (Å²) in [5.41, 5.74) is 0. The van der Waals surface area contributed by atoms with Crippen molar-refractivity contribution in [1.29, 1.82) is 0 Å². The Balaban J connectivity index is 4.03. The molecule has 0 amide bonds. The molecule has 0 saturated heterocycles. The standard InChI is InChI=1S/C69H118O6/c1-4-7-10-13-16-19-21-23-25-26-27-28-29-30-31-32-33-34-35-36-37-38-39-40-41-42-43-44-45-47-48-50-53-56-59-62-68(71)74-65-66(64-73-67(70)61-58-55-52-18-15-12-9-6-3)75-69(72)63-60-57-54-51-49-46-24-22-20-17-14-11-8-5-2/h7,10,14,16-17,19,22-25,27-28,30-31,33-34,66H,4-6,8-9,11-13,15,18,20-21,26,29,32,35-65H2,1-3H3/b10-7-,17-14-,19-16-,24-22-,25-23-,28-27-,31-30-,34-33-. The number of hydrogen-bond donors (Lipinski definition) is 0. The van der Waals surface area contributed by atoms with Crippen LogP contribution in [0.5, 0.6) is 0 Å². The van der Waals surface area contributed by atoms with Crippen molar-refractivity contribution in [3.8, 4) is 0 Å². The number of esters is 3. The maximum Gasteiger partial charge on any atom is 0.306 e. The largest absolute Gasteiger partial charge is 0.462 e. The number of allylic oxidation sites excluding steroid dienone is 16. The van der Waals surface area contributed by atoms with E-state index in [0.717, 1.165) is 122 Å². The smallest absolute Gasteiger partial charge is 0.306 e. The molecule has 0 aliphatic carbocycles.